The molecule has 32 heteroatoms. The number of ether oxygens (including phenoxy) is 10. The van der Waals surface area contributed by atoms with Crippen molar-refractivity contribution in [2.45, 2.75) is 162 Å². The molecular weight excluding hydrogens is 1920 g/mol. The van der Waals surface area contributed by atoms with Crippen LogP contribution in [0.5, 0.6) is 57.5 Å². The Morgan fingerprint density at radius 1 is 0.395 bits per heavy atom. The van der Waals surface area contributed by atoms with Crippen molar-refractivity contribution in [1.29, 1.82) is 0 Å². The van der Waals surface area contributed by atoms with Gasteiger partial charge in [0.05, 0.1) is 71.8 Å². The summed E-state index contributed by atoms with van der Waals surface area (Å²) in [5.74, 6) is 1.69. The summed E-state index contributed by atoms with van der Waals surface area (Å²) in [6.07, 6.45) is 6.61. The lowest BCUT2D eigenvalue weighted by Crippen LogP contribution is -2.28. The lowest BCUT2D eigenvalue weighted by Gasteiger charge is -2.33. The first-order valence-electron chi connectivity index (χ1n) is 47.9. The lowest BCUT2D eigenvalue weighted by molar-refractivity contribution is 0.0349. The summed E-state index contributed by atoms with van der Waals surface area (Å²) >= 11 is 5.96. The number of halogens is 5. The van der Waals surface area contributed by atoms with Gasteiger partial charge in [-0.25, -0.2) is 37.5 Å². The van der Waals surface area contributed by atoms with Crippen molar-refractivity contribution >= 4 is 79.8 Å². The normalized spacial score (nSPS) is 14.1. The molecule has 1 unspecified atom stereocenters. The van der Waals surface area contributed by atoms with Crippen LogP contribution < -0.4 is 47.4 Å². The number of aromatic nitrogens is 4. The molecule has 27 nitrogen and oxygen atoms in total. The molecule has 14 aromatic rings. The molecule has 4 aliphatic rings. The van der Waals surface area contributed by atoms with Crippen LogP contribution in [0.25, 0.3) is 67.0 Å². The predicted molar refractivity (Wildman–Crippen MR) is 541 cm³/mol. The number of aryl methyl sites for hydroxylation is 5. The van der Waals surface area contributed by atoms with E-state index in [0.717, 1.165) is 48.6 Å². The smallest absolute Gasteiger partial charge is 0.181 e. The van der Waals surface area contributed by atoms with E-state index < -0.39 is 11.4 Å². The van der Waals surface area contributed by atoms with Crippen LogP contribution in [0.3, 0.4) is 0 Å². The molecule has 2 aliphatic carbocycles. The van der Waals surface area contributed by atoms with Gasteiger partial charge in [-0.05, 0) is 277 Å². The number of carbonyl (C=O) groups excluding carboxylic acids is 8. The third-order valence-electron chi connectivity index (χ3n) is 25.3. The van der Waals surface area contributed by atoms with Gasteiger partial charge in [0.25, 0.3) is 0 Å². The molecular formula is C115H109ClF4N4O23. The number of furan rings is 2. The number of aliphatic hydroxyl groups is 3. The van der Waals surface area contributed by atoms with E-state index in [1.807, 2.05) is 13.0 Å². The third kappa shape index (κ3) is 25.3. The van der Waals surface area contributed by atoms with Crippen LogP contribution in [0.2, 0.25) is 5.02 Å². The Bertz CT molecular complexity index is 7430. The van der Waals surface area contributed by atoms with Crippen molar-refractivity contribution in [3.63, 3.8) is 0 Å². The van der Waals surface area contributed by atoms with Crippen LogP contribution in [-0.2, 0) is 11.0 Å². The number of carbonyl (C=O) groups is 8. The second-order valence-corrected chi connectivity index (χ2v) is 37.3. The number of aliphatic hydroxyl groups excluding tert-OH is 2. The summed E-state index contributed by atoms with van der Waals surface area (Å²) in [6.45, 7) is 14.8. The zero-order chi connectivity index (χ0) is 105. The molecule has 0 amide bonds. The van der Waals surface area contributed by atoms with Crippen molar-refractivity contribution in [3.05, 3.63) is 295 Å². The van der Waals surface area contributed by atoms with E-state index in [-0.39, 0.29) is 199 Å². The fourth-order valence-electron chi connectivity index (χ4n) is 16.6. The Morgan fingerprint density at radius 2 is 0.755 bits per heavy atom. The number of hydrogen-bond acceptors (Lipinski definition) is 27. The van der Waals surface area contributed by atoms with E-state index in [2.05, 4.69) is 33.8 Å². The average molecular weight is 2030 g/mol. The fraction of sp³-hybridized carbons (Fsp3) is 0.304. The number of ketones is 8. The first-order chi connectivity index (χ1) is 70.4. The largest absolute Gasteiger partial charge is 0.493 e. The molecule has 0 bridgehead atoms. The van der Waals surface area contributed by atoms with Gasteiger partial charge < -0.3 is 71.5 Å². The summed E-state index contributed by atoms with van der Waals surface area (Å²) in [5, 5.41) is 30.1. The molecule has 0 spiro atoms. The van der Waals surface area contributed by atoms with Gasteiger partial charge in [0.2, 0.25) is 0 Å². The minimum absolute atomic E-state index is 0.00122. The molecule has 762 valence electrons. The Hall–Kier alpha value is -15.3. The topological polar surface area (TPSA) is 367 Å². The van der Waals surface area contributed by atoms with Gasteiger partial charge in [0.15, 0.2) is 109 Å². The number of benzene rings is 8. The molecule has 2 aliphatic heterocycles. The van der Waals surface area contributed by atoms with Crippen LogP contribution >= 0.6 is 11.6 Å². The maximum atomic E-state index is 14.0. The Kier molecular flexibility index (Phi) is 33.4. The highest BCUT2D eigenvalue weighted by atomic mass is 35.5. The summed E-state index contributed by atoms with van der Waals surface area (Å²) in [4.78, 5) is 122. The van der Waals surface area contributed by atoms with Gasteiger partial charge in [-0.1, -0.05) is 25.4 Å². The van der Waals surface area contributed by atoms with Crippen LogP contribution in [0.15, 0.2) is 191 Å². The first-order valence-corrected chi connectivity index (χ1v) is 48.2. The molecule has 3 N–H and O–H groups in total. The van der Waals surface area contributed by atoms with Crippen molar-refractivity contribution in [3.8, 4) is 103 Å². The van der Waals surface area contributed by atoms with E-state index >= 15 is 0 Å². The predicted octanol–water partition coefficient (Wildman–Crippen LogP) is 23.1. The Morgan fingerprint density at radius 3 is 1.16 bits per heavy atom. The third-order valence-corrected chi connectivity index (χ3v) is 25.6. The van der Waals surface area contributed by atoms with Gasteiger partial charge in [-0.15, -0.1) is 0 Å². The maximum absolute atomic E-state index is 14.0. The Balaban J connectivity index is 0.000000147. The molecule has 0 saturated heterocycles. The first kappa shape index (κ1) is 106. The maximum Gasteiger partial charge on any atom is 0.181 e. The molecule has 2 fully saturated rings. The zero-order valence-corrected chi connectivity index (χ0v) is 83.9. The van der Waals surface area contributed by atoms with Crippen molar-refractivity contribution in [2.75, 3.05) is 68.1 Å². The molecule has 0 radical (unpaired) electrons. The minimum atomic E-state index is -1.34. The van der Waals surface area contributed by atoms with E-state index in [9.17, 15) is 61.0 Å². The summed E-state index contributed by atoms with van der Waals surface area (Å²) in [6, 6.07) is 46.0. The molecule has 147 heavy (non-hydrogen) atoms. The molecule has 8 heterocycles. The number of rotatable bonds is 38. The van der Waals surface area contributed by atoms with Gasteiger partial charge in [0.1, 0.15) is 106 Å². The SMILES string of the molecule is COc1cc(C(=O)CCC(=O)c2cc3c(C)coc3c(-c3ccc(F)c(C)c3)n2)ccc1OC1CC1.COc1cc(C(=O)CCC(=O)c2cc3c(c(-c4ccc(F)c(C)c4)n2)OCCC3(C)C)ccc1OCCO.COc1cc(C(=O)CCC(=O)c2cc3c(c(-c4ccc(F)c(Cl)c4)n2)OCC3(C)O)ccc1OC1CC1.COc1cc(C(=O)CCC(=O)c2cc3cc(C)oc3c(-c3ccc(F)c(C)c3)n2)ccc1OCCO. The van der Waals surface area contributed by atoms with Gasteiger partial charge in [-0.2, -0.15) is 0 Å². The lowest BCUT2D eigenvalue weighted by atomic mass is 9.79. The van der Waals surface area contributed by atoms with Crippen molar-refractivity contribution < 1.29 is 127 Å². The zero-order valence-electron chi connectivity index (χ0n) is 83.1. The van der Waals surface area contributed by atoms with Crippen molar-refractivity contribution in [2.24, 2.45) is 0 Å². The summed E-state index contributed by atoms with van der Waals surface area (Å²) < 4.78 is 122. The number of pyridine rings is 4. The van der Waals surface area contributed by atoms with Gasteiger partial charge in [-0.3, -0.25) is 38.4 Å². The van der Waals surface area contributed by atoms with Crippen LogP contribution in [0.1, 0.15) is 227 Å². The number of hydrogen-bond donors (Lipinski definition) is 3. The number of nitrogens with zero attached hydrogens (tertiary/aromatic N) is 4. The second-order valence-electron chi connectivity index (χ2n) is 36.9. The molecule has 8 aromatic carbocycles. The van der Waals surface area contributed by atoms with Crippen molar-refractivity contribution in [1.82, 2.24) is 19.9 Å². The van der Waals surface area contributed by atoms with E-state index in [0.29, 0.717) is 170 Å². The minimum Gasteiger partial charge on any atom is -0.493 e. The van der Waals surface area contributed by atoms with E-state index in [4.69, 9.17) is 78.0 Å². The molecule has 18 rings (SSSR count). The van der Waals surface area contributed by atoms with E-state index in [1.54, 1.807) is 168 Å². The second kappa shape index (κ2) is 46.4. The van der Waals surface area contributed by atoms with Crippen LogP contribution in [0, 0.1) is 57.9 Å². The highest BCUT2D eigenvalue weighted by Crippen LogP contribution is 2.48. The number of Topliss-reactive ketones (excluding diaryl/α,β-unsaturated/α-hetero) is 8. The summed E-state index contributed by atoms with van der Waals surface area (Å²) in [7, 11) is 5.97. The van der Waals surface area contributed by atoms with Gasteiger partial charge >= 0.3 is 0 Å². The molecule has 2 saturated carbocycles. The van der Waals surface area contributed by atoms with Gasteiger partial charge in [0, 0.05) is 118 Å². The standard InChI is InChI=1S/C30H32FNO6.C29H26FNO5.C28H25ClFNO6.C28H26FNO6/c1-18-15-20(5-7-22(18)31)28-29-21(30(2,3)11-13-38-29)17-23(32-28)25(35)9-8-24(34)19-6-10-26(37-14-12-33)27(16-19)36-4;1-16-12-19(4-8-22(16)30)28-29-21(17(2)15-35-29)14-23(31-28)25(33)10-9-24(32)18-5-11-26(27(13-18)34-3)36-20-6-7-20;1-28(34)14-36-27-18(28)13-21(31-26(27)16-3-7-20(30)19(29)11-16)23(33)9-8-22(32)15-4-10-24(25(12-15)35-2)37-17-5-6-17;1-16-12-19(4-6-21(16)29)27-28-20(13-17(2)36-28)14-22(30-27)24(33)8-7-23(32)18-5-9-25(35-11-10-31)26(15-18)34-3/h5-7,10,15-17,33H,8-9,11-14H2,1-4H3;4-5,8,11-15,20H,6-7,9-10H2,1-3H3;3-4,7,10-13,17,34H,5-6,8-9,14H2,1-2H3;4-6,9,12-15,31H,7-8,10-11H2,1-3H3. The molecule has 1 atom stereocenters. The van der Waals surface area contributed by atoms with E-state index in [1.165, 1.54) is 70.9 Å². The monoisotopic (exact) mass is 2020 g/mol. The Labute approximate surface area is 849 Å². The average Bonchev–Trinajstić information content (AvgIpc) is 1.65. The quantitative estimate of drug-likeness (QED) is 0.0239. The number of fused-ring (bicyclic) bond motifs is 4. The summed E-state index contributed by atoms with van der Waals surface area (Å²) in [5.41, 5.74) is 9.44. The fourth-order valence-corrected chi connectivity index (χ4v) is 16.8. The number of methoxy groups -OCH3 is 4. The molecule has 6 aromatic heterocycles. The highest BCUT2D eigenvalue weighted by Gasteiger charge is 2.40. The van der Waals surface area contributed by atoms with Crippen LogP contribution in [0.4, 0.5) is 17.6 Å². The van der Waals surface area contributed by atoms with Crippen LogP contribution in [-0.4, -0.2) is 162 Å². The highest BCUT2D eigenvalue weighted by molar-refractivity contribution is 6.31.